The van der Waals surface area contributed by atoms with Crippen molar-refractivity contribution in [3.63, 3.8) is 0 Å². The highest BCUT2D eigenvalue weighted by atomic mass is 19.1. The summed E-state index contributed by atoms with van der Waals surface area (Å²) in [6.45, 7) is 5.77. The van der Waals surface area contributed by atoms with Gasteiger partial charge in [-0.1, -0.05) is 0 Å². The minimum atomic E-state index is -0.294. The van der Waals surface area contributed by atoms with Crippen LogP contribution in [0.2, 0.25) is 0 Å². The zero-order chi connectivity index (χ0) is 21.1. The molecule has 2 aliphatic rings. The van der Waals surface area contributed by atoms with Gasteiger partial charge in [0.1, 0.15) is 36.7 Å². The van der Waals surface area contributed by atoms with E-state index in [-0.39, 0.29) is 30.5 Å². The molecule has 2 fully saturated rings. The average molecular weight is 416 g/mol. The Kier molecular flexibility index (Phi) is 6.34. The fourth-order valence-electron chi connectivity index (χ4n) is 4.13. The van der Waals surface area contributed by atoms with Crippen LogP contribution in [0.15, 0.2) is 30.5 Å². The van der Waals surface area contributed by atoms with Gasteiger partial charge in [0.2, 0.25) is 5.91 Å². The van der Waals surface area contributed by atoms with Gasteiger partial charge in [-0.3, -0.25) is 9.69 Å². The molecule has 0 radical (unpaired) electrons. The first-order valence-electron chi connectivity index (χ1n) is 10.5. The largest absolute Gasteiger partial charge is 0.491 e. The van der Waals surface area contributed by atoms with Crippen LogP contribution >= 0.6 is 0 Å². The number of rotatable bonds is 6. The molecule has 1 aromatic heterocycles. The molecule has 162 valence electrons. The molecule has 2 aliphatic heterocycles. The lowest BCUT2D eigenvalue weighted by molar-refractivity contribution is -0.155. The van der Waals surface area contributed by atoms with Gasteiger partial charge in [0.15, 0.2) is 0 Å². The molecule has 1 atom stereocenters. The van der Waals surface area contributed by atoms with E-state index in [0.29, 0.717) is 18.9 Å². The Hall–Kier alpha value is -2.45. The fraction of sp³-hybridized carbons (Fsp3) is 0.545. The lowest BCUT2D eigenvalue weighted by Crippen LogP contribution is -2.55. The van der Waals surface area contributed by atoms with Crippen molar-refractivity contribution in [3.8, 4) is 5.75 Å². The van der Waals surface area contributed by atoms with Crippen molar-refractivity contribution < 1.29 is 18.7 Å². The first kappa shape index (κ1) is 20.8. The quantitative estimate of drug-likeness (QED) is 0.722. The molecule has 8 heteroatoms. The maximum atomic E-state index is 13.0. The van der Waals surface area contributed by atoms with Gasteiger partial charge in [-0.15, -0.1) is 0 Å². The number of carbonyl (C=O) groups excluding carboxylic acids is 1. The summed E-state index contributed by atoms with van der Waals surface area (Å²) in [5.41, 5.74) is 1.21. The predicted octanol–water partition coefficient (Wildman–Crippen LogP) is 2.14. The van der Waals surface area contributed by atoms with Crippen molar-refractivity contribution >= 4 is 5.91 Å². The number of aromatic nitrogens is 2. The van der Waals surface area contributed by atoms with E-state index in [1.807, 2.05) is 25.1 Å². The van der Waals surface area contributed by atoms with Crippen LogP contribution in [0.1, 0.15) is 24.4 Å². The molecule has 0 unspecified atom stereocenters. The van der Waals surface area contributed by atoms with Crippen molar-refractivity contribution in [2.24, 2.45) is 7.05 Å². The van der Waals surface area contributed by atoms with E-state index in [9.17, 15) is 9.18 Å². The van der Waals surface area contributed by atoms with E-state index < -0.39 is 0 Å². The molecule has 0 spiro atoms. The summed E-state index contributed by atoms with van der Waals surface area (Å²) in [7, 11) is 2.05. The number of hydrogen-bond donors (Lipinski definition) is 0. The third kappa shape index (κ3) is 4.82. The number of piperidine rings is 1. The van der Waals surface area contributed by atoms with Crippen molar-refractivity contribution in [2.45, 2.75) is 38.5 Å². The third-order valence-corrected chi connectivity index (χ3v) is 6.11. The number of likely N-dealkylation sites (tertiary alicyclic amines) is 1. The molecule has 2 aromatic rings. The van der Waals surface area contributed by atoms with E-state index in [1.165, 1.54) is 17.8 Å². The van der Waals surface area contributed by atoms with Crippen LogP contribution in [0.3, 0.4) is 0 Å². The standard InChI is InChI=1S/C22H29FN4O3/c1-16-24-11-19(25(16)2)12-26-9-7-18(8-10-26)27-13-21(30-15-22(27)28)14-29-20-5-3-17(23)4-6-20/h3-6,11,18,21H,7-10,12-15H2,1-2H3/t21-/m1/s1. The van der Waals surface area contributed by atoms with Gasteiger partial charge in [-0.25, -0.2) is 9.37 Å². The number of halogens is 1. The van der Waals surface area contributed by atoms with Gasteiger partial charge in [-0.05, 0) is 44.0 Å². The monoisotopic (exact) mass is 416 g/mol. The second-order valence-corrected chi connectivity index (χ2v) is 8.11. The molecule has 0 bridgehead atoms. The van der Waals surface area contributed by atoms with Crippen LogP contribution in [-0.4, -0.2) is 70.3 Å². The molecule has 4 rings (SSSR count). The Morgan fingerprint density at radius 1 is 1.23 bits per heavy atom. The van der Waals surface area contributed by atoms with E-state index in [4.69, 9.17) is 9.47 Å². The molecular formula is C22H29FN4O3. The summed E-state index contributed by atoms with van der Waals surface area (Å²) >= 11 is 0. The zero-order valence-electron chi connectivity index (χ0n) is 17.6. The van der Waals surface area contributed by atoms with Crippen LogP contribution in [-0.2, 0) is 23.1 Å². The van der Waals surface area contributed by atoms with Crippen molar-refractivity contribution in [3.05, 3.63) is 47.8 Å². The number of hydrogen-bond acceptors (Lipinski definition) is 5. The van der Waals surface area contributed by atoms with Gasteiger partial charge in [-0.2, -0.15) is 0 Å². The predicted molar refractivity (Wildman–Crippen MR) is 110 cm³/mol. The second kappa shape index (κ2) is 9.14. The molecule has 0 aliphatic carbocycles. The highest BCUT2D eigenvalue weighted by Gasteiger charge is 2.34. The third-order valence-electron chi connectivity index (χ3n) is 6.11. The van der Waals surface area contributed by atoms with Gasteiger partial charge in [0.25, 0.3) is 0 Å². The summed E-state index contributed by atoms with van der Waals surface area (Å²) in [6, 6.07) is 6.17. The van der Waals surface area contributed by atoms with Gasteiger partial charge < -0.3 is 18.9 Å². The molecule has 3 heterocycles. The Labute approximate surface area is 176 Å². The maximum Gasteiger partial charge on any atom is 0.248 e. The zero-order valence-corrected chi connectivity index (χ0v) is 17.6. The van der Waals surface area contributed by atoms with Crippen molar-refractivity contribution in [1.29, 1.82) is 0 Å². The number of imidazole rings is 1. The summed E-state index contributed by atoms with van der Waals surface area (Å²) in [5, 5.41) is 0. The molecule has 7 nitrogen and oxygen atoms in total. The first-order chi connectivity index (χ1) is 14.5. The lowest BCUT2D eigenvalue weighted by atomic mass is 10.0. The van der Waals surface area contributed by atoms with Crippen molar-refractivity contribution in [2.75, 3.05) is 32.8 Å². The second-order valence-electron chi connectivity index (χ2n) is 8.11. The molecule has 0 N–H and O–H groups in total. The number of aryl methyl sites for hydroxylation is 1. The molecule has 2 saturated heterocycles. The van der Waals surface area contributed by atoms with E-state index in [0.717, 1.165) is 38.3 Å². The van der Waals surface area contributed by atoms with Gasteiger partial charge >= 0.3 is 0 Å². The number of benzene rings is 1. The maximum absolute atomic E-state index is 13.0. The normalized spacial score (nSPS) is 21.2. The molecule has 30 heavy (non-hydrogen) atoms. The fourth-order valence-corrected chi connectivity index (χ4v) is 4.13. The Morgan fingerprint density at radius 3 is 2.63 bits per heavy atom. The van der Waals surface area contributed by atoms with E-state index in [1.54, 1.807) is 12.1 Å². The molecule has 0 saturated carbocycles. The van der Waals surface area contributed by atoms with Crippen LogP contribution in [0.5, 0.6) is 5.75 Å². The molecular weight excluding hydrogens is 387 g/mol. The Bertz CT molecular complexity index is 862. The Balaban J connectivity index is 1.27. The SMILES string of the molecule is Cc1ncc(CN2CCC(N3C[C@H](COc4ccc(F)cc4)OCC3=O)CC2)n1C. The summed E-state index contributed by atoms with van der Waals surface area (Å²) < 4.78 is 26.5. The van der Waals surface area contributed by atoms with Crippen LogP contribution in [0, 0.1) is 12.7 Å². The summed E-state index contributed by atoms with van der Waals surface area (Å²) in [6.07, 6.45) is 3.67. The highest BCUT2D eigenvalue weighted by molar-refractivity contribution is 5.78. The topological polar surface area (TPSA) is 59.8 Å². The minimum absolute atomic E-state index is 0.0498. The van der Waals surface area contributed by atoms with Crippen LogP contribution in [0.4, 0.5) is 4.39 Å². The number of carbonyl (C=O) groups is 1. The smallest absolute Gasteiger partial charge is 0.248 e. The minimum Gasteiger partial charge on any atom is -0.491 e. The van der Waals surface area contributed by atoms with E-state index >= 15 is 0 Å². The van der Waals surface area contributed by atoms with Crippen molar-refractivity contribution in [1.82, 2.24) is 19.4 Å². The van der Waals surface area contributed by atoms with Crippen LogP contribution < -0.4 is 4.74 Å². The van der Waals surface area contributed by atoms with E-state index in [2.05, 4.69) is 14.5 Å². The summed E-state index contributed by atoms with van der Waals surface area (Å²) in [4.78, 5) is 21.2. The Morgan fingerprint density at radius 2 is 1.97 bits per heavy atom. The van der Waals surface area contributed by atoms with Gasteiger partial charge in [0, 0.05) is 38.9 Å². The number of amides is 1. The first-order valence-corrected chi connectivity index (χ1v) is 10.5. The van der Waals surface area contributed by atoms with Gasteiger partial charge in [0.05, 0.1) is 12.2 Å². The molecule has 1 aromatic carbocycles. The lowest BCUT2D eigenvalue weighted by Gasteiger charge is -2.42. The number of morpholine rings is 1. The average Bonchev–Trinajstić information content (AvgIpc) is 3.07. The van der Waals surface area contributed by atoms with Crippen LogP contribution in [0.25, 0.3) is 0 Å². The summed E-state index contributed by atoms with van der Waals surface area (Å²) in [5.74, 6) is 1.38. The highest BCUT2D eigenvalue weighted by Crippen LogP contribution is 2.22. The number of ether oxygens (including phenoxy) is 2. The molecule has 1 amide bonds. The number of nitrogens with zero attached hydrogens (tertiary/aromatic N) is 4.